The van der Waals surface area contributed by atoms with Crippen molar-refractivity contribution in [3.8, 4) is 0 Å². The first-order valence-electron chi connectivity index (χ1n) is 6.72. The van der Waals surface area contributed by atoms with E-state index in [0.29, 0.717) is 19.4 Å². The summed E-state index contributed by atoms with van der Waals surface area (Å²) in [5.74, 6) is 0.895. The van der Waals surface area contributed by atoms with Crippen molar-refractivity contribution in [2.45, 2.75) is 32.8 Å². The Morgan fingerprint density at radius 3 is 2.74 bits per heavy atom. The third-order valence-corrected chi connectivity index (χ3v) is 3.31. The molecule has 102 valence electrons. The Labute approximate surface area is 113 Å². The van der Waals surface area contributed by atoms with E-state index >= 15 is 0 Å². The van der Waals surface area contributed by atoms with Gasteiger partial charge >= 0.3 is 0 Å². The van der Waals surface area contributed by atoms with Gasteiger partial charge in [-0.15, -0.1) is 0 Å². The summed E-state index contributed by atoms with van der Waals surface area (Å²) in [5, 5.41) is 0. The Morgan fingerprint density at radius 1 is 1.37 bits per heavy atom. The van der Waals surface area contributed by atoms with Gasteiger partial charge in [0.1, 0.15) is 11.9 Å². The maximum atomic E-state index is 12.2. The summed E-state index contributed by atoms with van der Waals surface area (Å²) in [6, 6.07) is 7.90. The molecular weight excluding hydrogens is 240 g/mol. The summed E-state index contributed by atoms with van der Waals surface area (Å²) in [4.78, 5) is 16.7. The molecule has 2 rings (SSSR count). The van der Waals surface area contributed by atoms with E-state index in [1.165, 1.54) is 0 Å². The molecule has 2 aromatic rings. The van der Waals surface area contributed by atoms with Crippen LogP contribution < -0.4 is 0 Å². The zero-order valence-electron chi connectivity index (χ0n) is 11.7. The molecule has 0 N–H and O–H groups in total. The largest absolute Gasteiger partial charge is 0.371 e. The summed E-state index contributed by atoms with van der Waals surface area (Å²) in [5.41, 5.74) is 1.98. The van der Waals surface area contributed by atoms with Crippen LogP contribution >= 0.6 is 0 Å². The summed E-state index contributed by atoms with van der Waals surface area (Å²) in [7, 11) is 1.94. The average Bonchev–Trinajstić information content (AvgIpc) is 2.73. The van der Waals surface area contributed by atoms with Gasteiger partial charge in [-0.2, -0.15) is 0 Å². The molecule has 19 heavy (non-hydrogen) atoms. The zero-order chi connectivity index (χ0) is 13.8. The molecule has 0 radical (unpaired) electrons. The van der Waals surface area contributed by atoms with Crippen LogP contribution in [-0.2, 0) is 23.0 Å². The molecule has 1 heterocycles. The molecule has 0 amide bonds. The second-order valence-corrected chi connectivity index (χ2v) is 4.57. The molecule has 0 aliphatic heterocycles. The highest BCUT2D eigenvalue weighted by atomic mass is 16.5. The number of aromatic nitrogens is 2. The molecule has 4 nitrogen and oxygen atoms in total. The fraction of sp³-hybridized carbons (Fsp3) is 0.467. The Kier molecular flexibility index (Phi) is 4.32. The standard InChI is InChI=1S/C15H20N2O2/c1-4-14(19-5-2)13(18)10-15-16-11-8-6-7-9-12(11)17(15)3/h6-9,14H,4-5,10H2,1-3H3. The first-order chi connectivity index (χ1) is 9.17. The number of rotatable bonds is 6. The fourth-order valence-electron chi connectivity index (χ4n) is 2.26. The first kappa shape index (κ1) is 13.7. The van der Waals surface area contributed by atoms with Crippen LogP contribution in [0.5, 0.6) is 0 Å². The zero-order valence-corrected chi connectivity index (χ0v) is 11.7. The second-order valence-electron chi connectivity index (χ2n) is 4.57. The topological polar surface area (TPSA) is 44.1 Å². The molecule has 0 fully saturated rings. The van der Waals surface area contributed by atoms with Gasteiger partial charge in [0.05, 0.1) is 17.5 Å². The van der Waals surface area contributed by atoms with Gasteiger partial charge in [0.2, 0.25) is 0 Å². The lowest BCUT2D eigenvalue weighted by molar-refractivity contribution is -0.129. The second kappa shape index (κ2) is 5.97. The number of aryl methyl sites for hydroxylation is 1. The number of ketones is 1. The first-order valence-corrected chi connectivity index (χ1v) is 6.72. The molecule has 4 heteroatoms. The predicted molar refractivity (Wildman–Crippen MR) is 75.1 cm³/mol. The van der Waals surface area contributed by atoms with Gasteiger partial charge in [-0.25, -0.2) is 4.98 Å². The lowest BCUT2D eigenvalue weighted by Gasteiger charge is -2.13. The van der Waals surface area contributed by atoms with Crippen molar-refractivity contribution in [2.24, 2.45) is 7.05 Å². The Balaban J connectivity index is 2.21. The highest BCUT2D eigenvalue weighted by Gasteiger charge is 2.19. The van der Waals surface area contributed by atoms with Gasteiger partial charge in [-0.05, 0) is 25.5 Å². The number of hydrogen-bond acceptors (Lipinski definition) is 3. The van der Waals surface area contributed by atoms with Crippen LogP contribution in [0.25, 0.3) is 11.0 Å². The fourth-order valence-corrected chi connectivity index (χ4v) is 2.26. The number of carbonyl (C=O) groups excluding carboxylic acids is 1. The maximum Gasteiger partial charge on any atom is 0.169 e. The molecule has 0 saturated carbocycles. The van der Waals surface area contributed by atoms with Crippen LogP contribution in [-0.4, -0.2) is 28.0 Å². The summed E-state index contributed by atoms with van der Waals surface area (Å²) in [6.07, 6.45) is 0.713. The lowest BCUT2D eigenvalue weighted by Crippen LogP contribution is -2.26. The number of Topliss-reactive ketones (excluding diaryl/α,β-unsaturated/α-hetero) is 1. The van der Waals surface area contributed by atoms with Crippen molar-refractivity contribution in [1.82, 2.24) is 9.55 Å². The molecule has 1 aromatic carbocycles. The molecule has 1 atom stereocenters. The van der Waals surface area contributed by atoms with E-state index in [0.717, 1.165) is 16.9 Å². The van der Waals surface area contributed by atoms with Crippen LogP contribution in [0.15, 0.2) is 24.3 Å². The van der Waals surface area contributed by atoms with E-state index < -0.39 is 0 Å². The normalized spacial score (nSPS) is 12.8. The number of nitrogens with zero attached hydrogens (tertiary/aromatic N) is 2. The van der Waals surface area contributed by atoms with Gasteiger partial charge in [0.25, 0.3) is 0 Å². The van der Waals surface area contributed by atoms with E-state index in [1.54, 1.807) is 0 Å². The van der Waals surface area contributed by atoms with Crippen LogP contribution in [0, 0.1) is 0 Å². The van der Waals surface area contributed by atoms with Crippen molar-refractivity contribution in [2.75, 3.05) is 6.61 Å². The van der Waals surface area contributed by atoms with Gasteiger partial charge in [-0.1, -0.05) is 19.1 Å². The van der Waals surface area contributed by atoms with Gasteiger partial charge in [0, 0.05) is 13.7 Å². The van der Waals surface area contributed by atoms with Crippen LogP contribution in [0.4, 0.5) is 0 Å². The number of benzene rings is 1. The van der Waals surface area contributed by atoms with Gasteiger partial charge < -0.3 is 9.30 Å². The van der Waals surface area contributed by atoms with Crippen LogP contribution in [0.1, 0.15) is 26.1 Å². The van der Waals surface area contributed by atoms with E-state index in [9.17, 15) is 4.79 Å². The third kappa shape index (κ3) is 2.84. The Bertz CT molecular complexity index is 575. The SMILES string of the molecule is CCOC(CC)C(=O)Cc1nc2ccccc2n1C. The number of imidazole rings is 1. The molecular formula is C15H20N2O2. The minimum absolute atomic E-state index is 0.0998. The number of hydrogen-bond donors (Lipinski definition) is 0. The average molecular weight is 260 g/mol. The van der Waals surface area contributed by atoms with Gasteiger partial charge in [-0.3, -0.25) is 4.79 Å². The number of carbonyl (C=O) groups is 1. The molecule has 1 unspecified atom stereocenters. The van der Waals surface area contributed by atoms with E-state index in [4.69, 9.17) is 4.74 Å². The van der Waals surface area contributed by atoms with Crippen LogP contribution in [0.2, 0.25) is 0 Å². The molecule has 0 bridgehead atoms. The van der Waals surface area contributed by atoms with Gasteiger partial charge in [0.15, 0.2) is 5.78 Å². The summed E-state index contributed by atoms with van der Waals surface area (Å²) >= 11 is 0. The molecule has 0 aliphatic carbocycles. The molecule has 0 aliphatic rings. The number of fused-ring (bicyclic) bond motifs is 1. The summed E-state index contributed by atoms with van der Waals surface area (Å²) in [6.45, 7) is 4.44. The lowest BCUT2D eigenvalue weighted by atomic mass is 10.1. The van der Waals surface area contributed by atoms with Crippen molar-refractivity contribution >= 4 is 16.8 Å². The van der Waals surface area contributed by atoms with Crippen molar-refractivity contribution in [1.29, 1.82) is 0 Å². The monoisotopic (exact) mass is 260 g/mol. The molecule has 0 saturated heterocycles. The van der Waals surface area contributed by atoms with E-state index in [-0.39, 0.29) is 11.9 Å². The van der Waals surface area contributed by atoms with Crippen molar-refractivity contribution < 1.29 is 9.53 Å². The van der Waals surface area contributed by atoms with E-state index in [1.807, 2.05) is 49.7 Å². The minimum Gasteiger partial charge on any atom is -0.371 e. The smallest absolute Gasteiger partial charge is 0.169 e. The van der Waals surface area contributed by atoms with Crippen molar-refractivity contribution in [3.63, 3.8) is 0 Å². The van der Waals surface area contributed by atoms with Crippen LogP contribution in [0.3, 0.4) is 0 Å². The van der Waals surface area contributed by atoms with Crippen molar-refractivity contribution in [3.05, 3.63) is 30.1 Å². The Morgan fingerprint density at radius 2 is 2.11 bits per heavy atom. The van der Waals surface area contributed by atoms with E-state index in [2.05, 4.69) is 4.98 Å². The maximum absolute atomic E-state index is 12.2. The third-order valence-electron chi connectivity index (χ3n) is 3.31. The quantitative estimate of drug-likeness (QED) is 0.801. The number of ether oxygens (including phenoxy) is 1. The predicted octanol–water partition coefficient (Wildman–Crippen LogP) is 2.50. The summed E-state index contributed by atoms with van der Waals surface area (Å²) < 4.78 is 7.43. The minimum atomic E-state index is -0.315. The molecule has 1 aromatic heterocycles. The molecule has 0 spiro atoms. The highest BCUT2D eigenvalue weighted by Crippen LogP contribution is 2.15. The highest BCUT2D eigenvalue weighted by molar-refractivity contribution is 5.86. The Hall–Kier alpha value is -1.68. The number of para-hydroxylation sites is 2.